The number of thioether (sulfide) groups is 1. The monoisotopic (exact) mass is 384 g/mol. The Kier molecular flexibility index (Phi) is 6.71. The molecule has 2 heterocycles. The first-order valence-electron chi connectivity index (χ1n) is 9.20. The maximum absolute atomic E-state index is 12.3. The van der Waals surface area contributed by atoms with Gasteiger partial charge in [-0.05, 0) is 31.4 Å². The molecule has 27 heavy (non-hydrogen) atoms. The van der Waals surface area contributed by atoms with E-state index in [1.807, 2.05) is 34.9 Å². The standard InChI is InChI=1S/C19H24N6OS/c1-23(12-8-11-20)17(26)15-27-19-22-21-18(24-13-6-3-7-14-24)25(19)16-9-4-2-5-10-16/h2,4-5,9-10H,3,6-8,12-15H2,1H3. The van der Waals surface area contributed by atoms with Crippen LogP contribution in [0, 0.1) is 11.3 Å². The highest BCUT2D eigenvalue weighted by atomic mass is 32.2. The molecule has 3 rings (SSSR count). The highest BCUT2D eigenvalue weighted by Gasteiger charge is 2.22. The summed E-state index contributed by atoms with van der Waals surface area (Å²) in [5.41, 5.74) is 0.996. The molecule has 1 fully saturated rings. The number of carbonyl (C=O) groups excluding carboxylic acids is 1. The molecule has 0 bridgehead atoms. The van der Waals surface area contributed by atoms with E-state index in [4.69, 9.17) is 5.26 Å². The van der Waals surface area contributed by atoms with Crippen molar-refractivity contribution in [2.75, 3.05) is 37.3 Å². The van der Waals surface area contributed by atoms with Gasteiger partial charge in [0.2, 0.25) is 11.9 Å². The van der Waals surface area contributed by atoms with Gasteiger partial charge < -0.3 is 9.80 Å². The lowest BCUT2D eigenvalue weighted by molar-refractivity contribution is -0.127. The number of hydrogen-bond acceptors (Lipinski definition) is 6. The summed E-state index contributed by atoms with van der Waals surface area (Å²) in [5, 5.41) is 18.2. The molecule has 7 nitrogen and oxygen atoms in total. The Hall–Kier alpha value is -2.53. The van der Waals surface area contributed by atoms with Gasteiger partial charge >= 0.3 is 0 Å². The van der Waals surface area contributed by atoms with Gasteiger partial charge in [-0.2, -0.15) is 5.26 Å². The SMILES string of the molecule is CN(CCC#N)C(=O)CSc1nnc(N2CCCCC2)n1-c1ccccc1. The average Bonchev–Trinajstić information content (AvgIpc) is 3.15. The van der Waals surface area contributed by atoms with Gasteiger partial charge in [0.15, 0.2) is 5.16 Å². The van der Waals surface area contributed by atoms with Gasteiger partial charge in [0, 0.05) is 26.7 Å². The van der Waals surface area contributed by atoms with Crippen molar-refractivity contribution in [2.45, 2.75) is 30.8 Å². The minimum atomic E-state index is -0.0163. The van der Waals surface area contributed by atoms with E-state index in [9.17, 15) is 4.79 Å². The molecule has 1 aliphatic rings. The van der Waals surface area contributed by atoms with Crippen LogP contribution in [0.5, 0.6) is 0 Å². The predicted molar refractivity (Wildman–Crippen MR) is 106 cm³/mol. The molecule has 1 aromatic carbocycles. The Bertz CT molecular complexity index is 794. The van der Waals surface area contributed by atoms with Gasteiger partial charge in [-0.15, -0.1) is 10.2 Å². The summed E-state index contributed by atoms with van der Waals surface area (Å²) >= 11 is 1.39. The maximum Gasteiger partial charge on any atom is 0.232 e. The maximum atomic E-state index is 12.3. The number of anilines is 1. The number of hydrogen-bond donors (Lipinski definition) is 0. The molecule has 1 aliphatic heterocycles. The van der Waals surface area contributed by atoms with Crippen molar-refractivity contribution in [3.8, 4) is 11.8 Å². The van der Waals surface area contributed by atoms with E-state index in [1.165, 1.54) is 18.2 Å². The van der Waals surface area contributed by atoms with Crippen molar-refractivity contribution < 1.29 is 4.79 Å². The van der Waals surface area contributed by atoms with Crippen LogP contribution in [0.3, 0.4) is 0 Å². The lowest BCUT2D eigenvalue weighted by atomic mass is 10.1. The van der Waals surface area contributed by atoms with E-state index >= 15 is 0 Å². The molecule has 0 radical (unpaired) electrons. The van der Waals surface area contributed by atoms with Crippen molar-refractivity contribution in [1.82, 2.24) is 19.7 Å². The second-order valence-electron chi connectivity index (χ2n) is 6.51. The fourth-order valence-electron chi connectivity index (χ4n) is 3.04. The first kappa shape index (κ1) is 19.2. The fourth-order valence-corrected chi connectivity index (χ4v) is 3.92. The Balaban J connectivity index is 1.79. The number of aromatic nitrogens is 3. The van der Waals surface area contributed by atoms with Crippen molar-refractivity contribution in [3.05, 3.63) is 30.3 Å². The van der Waals surface area contributed by atoms with Crippen LogP contribution in [0.1, 0.15) is 25.7 Å². The summed E-state index contributed by atoms with van der Waals surface area (Å²) in [7, 11) is 1.72. The zero-order chi connectivity index (χ0) is 19.1. The molecule has 2 aromatic rings. The Morgan fingerprint density at radius 1 is 1.22 bits per heavy atom. The molecule has 0 saturated carbocycles. The Labute approximate surface area is 164 Å². The average molecular weight is 385 g/mol. The summed E-state index contributed by atoms with van der Waals surface area (Å²) < 4.78 is 2.04. The molecular weight excluding hydrogens is 360 g/mol. The summed E-state index contributed by atoms with van der Waals surface area (Å²) in [4.78, 5) is 16.2. The van der Waals surface area contributed by atoms with E-state index in [1.54, 1.807) is 11.9 Å². The molecule has 1 aromatic heterocycles. The minimum absolute atomic E-state index is 0.0163. The summed E-state index contributed by atoms with van der Waals surface area (Å²) in [6.07, 6.45) is 3.91. The van der Waals surface area contributed by atoms with Gasteiger partial charge in [0.05, 0.1) is 23.9 Å². The Morgan fingerprint density at radius 3 is 2.67 bits per heavy atom. The first-order valence-corrected chi connectivity index (χ1v) is 10.2. The van der Waals surface area contributed by atoms with Crippen LogP contribution < -0.4 is 4.90 Å². The van der Waals surface area contributed by atoms with E-state index in [0.29, 0.717) is 18.1 Å². The summed E-state index contributed by atoms with van der Waals surface area (Å²) in [5.74, 6) is 1.10. The molecule has 1 amide bonds. The van der Waals surface area contributed by atoms with Gasteiger partial charge in [-0.3, -0.25) is 9.36 Å². The smallest absolute Gasteiger partial charge is 0.232 e. The van der Waals surface area contributed by atoms with Crippen molar-refractivity contribution in [1.29, 1.82) is 5.26 Å². The zero-order valence-corrected chi connectivity index (χ0v) is 16.4. The first-order chi connectivity index (χ1) is 13.2. The van der Waals surface area contributed by atoms with Crippen molar-refractivity contribution >= 4 is 23.6 Å². The van der Waals surface area contributed by atoms with Crippen LogP contribution in [0.2, 0.25) is 0 Å². The third-order valence-electron chi connectivity index (χ3n) is 4.58. The molecule has 142 valence electrons. The molecule has 0 unspecified atom stereocenters. The molecule has 0 spiro atoms. The third-order valence-corrected chi connectivity index (χ3v) is 5.49. The third kappa shape index (κ3) is 4.80. The van der Waals surface area contributed by atoms with Crippen LogP contribution in [-0.2, 0) is 4.79 Å². The summed E-state index contributed by atoms with van der Waals surface area (Å²) in [6, 6.07) is 12.1. The van der Waals surface area contributed by atoms with Gasteiger partial charge in [0.1, 0.15) is 0 Å². The molecular formula is C19H24N6OS. The van der Waals surface area contributed by atoms with E-state index in [2.05, 4.69) is 21.2 Å². The number of benzene rings is 1. The number of nitriles is 1. The normalized spacial score (nSPS) is 14.0. The highest BCUT2D eigenvalue weighted by Crippen LogP contribution is 2.28. The van der Waals surface area contributed by atoms with E-state index < -0.39 is 0 Å². The van der Waals surface area contributed by atoms with E-state index in [0.717, 1.165) is 37.6 Å². The topological polar surface area (TPSA) is 78.0 Å². The lowest BCUT2D eigenvalue weighted by Gasteiger charge is -2.27. The minimum Gasteiger partial charge on any atom is -0.344 e. The fraction of sp³-hybridized carbons (Fsp3) is 0.474. The van der Waals surface area contributed by atoms with Crippen molar-refractivity contribution in [3.63, 3.8) is 0 Å². The highest BCUT2D eigenvalue weighted by molar-refractivity contribution is 7.99. The van der Waals surface area contributed by atoms with Crippen LogP contribution in [0.4, 0.5) is 5.95 Å². The quantitative estimate of drug-likeness (QED) is 0.683. The zero-order valence-electron chi connectivity index (χ0n) is 15.5. The number of carbonyl (C=O) groups is 1. The number of nitrogens with zero attached hydrogens (tertiary/aromatic N) is 6. The van der Waals surface area contributed by atoms with E-state index in [-0.39, 0.29) is 11.7 Å². The molecule has 1 saturated heterocycles. The number of rotatable bonds is 7. The van der Waals surface area contributed by atoms with Crippen LogP contribution >= 0.6 is 11.8 Å². The Morgan fingerprint density at radius 2 is 1.96 bits per heavy atom. The molecule has 8 heteroatoms. The lowest BCUT2D eigenvalue weighted by Crippen LogP contribution is -2.32. The largest absolute Gasteiger partial charge is 0.344 e. The van der Waals surface area contributed by atoms with Crippen LogP contribution in [0.15, 0.2) is 35.5 Å². The van der Waals surface area contributed by atoms with Gasteiger partial charge in [-0.25, -0.2) is 0 Å². The number of piperidine rings is 1. The summed E-state index contributed by atoms with van der Waals surface area (Å²) in [6.45, 7) is 2.40. The second kappa shape index (κ2) is 9.42. The molecule has 0 aliphatic carbocycles. The molecule has 0 N–H and O–H groups in total. The molecule has 0 atom stereocenters. The van der Waals surface area contributed by atoms with Gasteiger partial charge in [-0.1, -0.05) is 30.0 Å². The van der Waals surface area contributed by atoms with Crippen molar-refractivity contribution in [2.24, 2.45) is 0 Å². The second-order valence-corrected chi connectivity index (χ2v) is 7.46. The number of para-hydroxylation sites is 1. The van der Waals surface area contributed by atoms with Gasteiger partial charge in [0.25, 0.3) is 0 Å². The number of amides is 1. The van der Waals surface area contributed by atoms with Crippen LogP contribution in [0.25, 0.3) is 5.69 Å². The predicted octanol–water partition coefficient (Wildman–Crippen LogP) is 2.72. The van der Waals surface area contributed by atoms with Crippen LogP contribution in [-0.4, -0.2) is 58.0 Å².